The van der Waals surface area contributed by atoms with Crippen molar-refractivity contribution in [3.63, 3.8) is 0 Å². The molecule has 3 aromatic rings. The Labute approximate surface area is 106 Å². The molecule has 1 N–H and O–H groups in total. The summed E-state index contributed by atoms with van der Waals surface area (Å²) in [5, 5.41) is 0. The van der Waals surface area contributed by atoms with Crippen LogP contribution in [0.15, 0.2) is 36.5 Å². The summed E-state index contributed by atoms with van der Waals surface area (Å²) in [4.78, 5) is 12.3. The second-order valence-corrected chi connectivity index (χ2v) is 4.51. The lowest BCUT2D eigenvalue weighted by atomic mass is 10.2. The molecule has 0 spiro atoms. The summed E-state index contributed by atoms with van der Waals surface area (Å²) in [7, 11) is 0. The summed E-state index contributed by atoms with van der Waals surface area (Å²) in [6, 6.07) is 10.3. The number of aromatic nitrogens is 3. The van der Waals surface area contributed by atoms with E-state index in [0.29, 0.717) is 0 Å². The Hall–Kier alpha value is -2.16. The molecule has 0 aliphatic rings. The molecule has 0 saturated heterocycles. The molecule has 0 radical (unpaired) electrons. The van der Waals surface area contributed by atoms with Crippen LogP contribution in [-0.2, 0) is 6.42 Å². The normalized spacial score (nSPS) is 11.0. The van der Waals surface area contributed by atoms with Gasteiger partial charge in [0.15, 0.2) is 5.82 Å². The molecule has 2 aromatic heterocycles. The van der Waals surface area contributed by atoms with Crippen LogP contribution in [0, 0.1) is 6.92 Å². The lowest BCUT2D eigenvalue weighted by molar-refractivity contribution is 1.10. The van der Waals surface area contributed by atoms with Gasteiger partial charge in [-0.1, -0.05) is 19.1 Å². The third-order valence-corrected chi connectivity index (χ3v) is 3.11. The van der Waals surface area contributed by atoms with Crippen molar-refractivity contribution in [3.8, 4) is 11.5 Å². The van der Waals surface area contributed by atoms with Gasteiger partial charge in [-0.3, -0.25) is 4.98 Å². The maximum atomic E-state index is 4.56. The van der Waals surface area contributed by atoms with Gasteiger partial charge in [0, 0.05) is 6.20 Å². The molecular weight excluding hydrogens is 222 g/mol. The summed E-state index contributed by atoms with van der Waals surface area (Å²) in [5.41, 5.74) is 5.40. The fourth-order valence-electron chi connectivity index (χ4n) is 2.02. The number of hydrogen-bond acceptors (Lipinski definition) is 2. The van der Waals surface area contributed by atoms with Crippen LogP contribution in [0.25, 0.3) is 22.6 Å². The Morgan fingerprint density at radius 3 is 2.78 bits per heavy atom. The lowest BCUT2D eigenvalue weighted by Gasteiger charge is -1.97. The van der Waals surface area contributed by atoms with Gasteiger partial charge in [0.2, 0.25) is 0 Å². The number of benzene rings is 1. The SMILES string of the molecule is CCc1ccc(-c2nc3ccc(C)cc3[nH]2)nc1. The average Bonchev–Trinajstić information content (AvgIpc) is 2.81. The van der Waals surface area contributed by atoms with E-state index < -0.39 is 0 Å². The maximum absolute atomic E-state index is 4.56. The zero-order chi connectivity index (χ0) is 12.5. The van der Waals surface area contributed by atoms with Gasteiger partial charge in [-0.25, -0.2) is 4.98 Å². The molecule has 0 unspecified atom stereocenters. The quantitative estimate of drug-likeness (QED) is 0.741. The molecule has 0 atom stereocenters. The number of hydrogen-bond donors (Lipinski definition) is 1. The van der Waals surface area contributed by atoms with E-state index >= 15 is 0 Å². The van der Waals surface area contributed by atoms with Gasteiger partial charge in [-0.2, -0.15) is 0 Å². The summed E-state index contributed by atoms with van der Waals surface area (Å²) in [5.74, 6) is 0.832. The van der Waals surface area contributed by atoms with E-state index in [4.69, 9.17) is 0 Å². The van der Waals surface area contributed by atoms with Crippen LogP contribution < -0.4 is 0 Å². The van der Waals surface area contributed by atoms with Crippen LogP contribution in [-0.4, -0.2) is 15.0 Å². The summed E-state index contributed by atoms with van der Waals surface area (Å²) in [6.07, 6.45) is 2.92. The minimum atomic E-state index is 0.832. The van der Waals surface area contributed by atoms with E-state index in [0.717, 1.165) is 29.0 Å². The zero-order valence-corrected chi connectivity index (χ0v) is 10.6. The molecule has 18 heavy (non-hydrogen) atoms. The van der Waals surface area contributed by atoms with Crippen molar-refractivity contribution in [2.24, 2.45) is 0 Å². The van der Waals surface area contributed by atoms with Crippen LogP contribution in [0.5, 0.6) is 0 Å². The first-order chi connectivity index (χ1) is 8.76. The minimum absolute atomic E-state index is 0.832. The third kappa shape index (κ3) is 1.88. The average molecular weight is 237 g/mol. The molecule has 2 heterocycles. The second-order valence-electron chi connectivity index (χ2n) is 4.51. The predicted octanol–water partition coefficient (Wildman–Crippen LogP) is 3.50. The first kappa shape index (κ1) is 11.0. The molecule has 0 aliphatic carbocycles. The van der Waals surface area contributed by atoms with Crippen molar-refractivity contribution in [2.45, 2.75) is 20.3 Å². The first-order valence-corrected chi connectivity index (χ1v) is 6.18. The van der Waals surface area contributed by atoms with E-state index in [1.165, 1.54) is 11.1 Å². The van der Waals surface area contributed by atoms with E-state index in [1.807, 2.05) is 18.3 Å². The van der Waals surface area contributed by atoms with E-state index in [9.17, 15) is 0 Å². The molecule has 3 rings (SSSR count). The minimum Gasteiger partial charge on any atom is -0.337 e. The molecule has 0 fully saturated rings. The largest absolute Gasteiger partial charge is 0.337 e. The lowest BCUT2D eigenvalue weighted by Crippen LogP contribution is -1.87. The number of rotatable bonds is 2. The Morgan fingerprint density at radius 2 is 2.06 bits per heavy atom. The van der Waals surface area contributed by atoms with Gasteiger partial charge in [-0.15, -0.1) is 0 Å². The Morgan fingerprint density at radius 1 is 1.17 bits per heavy atom. The van der Waals surface area contributed by atoms with E-state index in [-0.39, 0.29) is 0 Å². The number of imidazole rings is 1. The number of aromatic amines is 1. The standard InChI is InChI=1S/C15H15N3/c1-3-11-5-7-13(16-9-11)15-17-12-6-4-10(2)8-14(12)18-15/h4-9H,3H2,1-2H3,(H,17,18). The van der Waals surface area contributed by atoms with Gasteiger partial charge in [0.05, 0.1) is 11.0 Å². The topological polar surface area (TPSA) is 41.6 Å². The number of fused-ring (bicyclic) bond motifs is 1. The number of pyridine rings is 1. The molecule has 0 saturated carbocycles. The Kier molecular flexibility index (Phi) is 2.59. The number of nitrogens with zero attached hydrogens (tertiary/aromatic N) is 2. The number of nitrogens with one attached hydrogen (secondary N) is 1. The molecule has 90 valence electrons. The monoisotopic (exact) mass is 237 g/mol. The Bertz CT molecular complexity index is 681. The summed E-state index contributed by atoms with van der Waals surface area (Å²) < 4.78 is 0. The van der Waals surface area contributed by atoms with Crippen molar-refractivity contribution in [1.29, 1.82) is 0 Å². The fraction of sp³-hybridized carbons (Fsp3) is 0.200. The number of aryl methyl sites for hydroxylation is 2. The van der Waals surface area contributed by atoms with Gasteiger partial charge in [0.25, 0.3) is 0 Å². The highest BCUT2D eigenvalue weighted by Crippen LogP contribution is 2.19. The molecule has 3 nitrogen and oxygen atoms in total. The van der Waals surface area contributed by atoms with Crippen molar-refractivity contribution in [1.82, 2.24) is 15.0 Å². The van der Waals surface area contributed by atoms with Crippen LogP contribution in [0.4, 0.5) is 0 Å². The van der Waals surface area contributed by atoms with Crippen molar-refractivity contribution >= 4 is 11.0 Å². The zero-order valence-electron chi connectivity index (χ0n) is 10.6. The molecule has 0 amide bonds. The first-order valence-electron chi connectivity index (χ1n) is 6.18. The van der Waals surface area contributed by atoms with E-state index in [1.54, 1.807) is 0 Å². The van der Waals surface area contributed by atoms with Crippen molar-refractivity contribution in [2.75, 3.05) is 0 Å². The summed E-state index contributed by atoms with van der Waals surface area (Å²) >= 11 is 0. The van der Waals surface area contributed by atoms with E-state index in [2.05, 4.69) is 47.0 Å². The highest BCUT2D eigenvalue weighted by Gasteiger charge is 2.06. The number of H-pyrrole nitrogens is 1. The Balaban J connectivity index is 2.07. The molecule has 0 aliphatic heterocycles. The second kappa shape index (κ2) is 4.26. The highest BCUT2D eigenvalue weighted by atomic mass is 14.9. The highest BCUT2D eigenvalue weighted by molar-refractivity contribution is 5.79. The van der Waals surface area contributed by atoms with Crippen LogP contribution in [0.2, 0.25) is 0 Å². The molecule has 1 aromatic carbocycles. The van der Waals surface area contributed by atoms with Gasteiger partial charge >= 0.3 is 0 Å². The van der Waals surface area contributed by atoms with Crippen molar-refractivity contribution in [3.05, 3.63) is 47.7 Å². The fourth-order valence-corrected chi connectivity index (χ4v) is 2.02. The third-order valence-electron chi connectivity index (χ3n) is 3.11. The van der Waals surface area contributed by atoms with Crippen LogP contribution in [0.1, 0.15) is 18.1 Å². The van der Waals surface area contributed by atoms with Crippen LogP contribution >= 0.6 is 0 Å². The molecule has 0 bridgehead atoms. The van der Waals surface area contributed by atoms with Gasteiger partial charge < -0.3 is 4.98 Å². The summed E-state index contributed by atoms with van der Waals surface area (Å²) in [6.45, 7) is 4.20. The molecule has 3 heteroatoms. The van der Waals surface area contributed by atoms with Crippen molar-refractivity contribution < 1.29 is 0 Å². The maximum Gasteiger partial charge on any atom is 0.157 e. The van der Waals surface area contributed by atoms with Gasteiger partial charge in [0.1, 0.15) is 5.69 Å². The molecular formula is C15H15N3. The van der Waals surface area contributed by atoms with Gasteiger partial charge in [-0.05, 0) is 42.7 Å². The predicted molar refractivity (Wildman–Crippen MR) is 73.4 cm³/mol. The smallest absolute Gasteiger partial charge is 0.157 e. The van der Waals surface area contributed by atoms with Crippen LogP contribution in [0.3, 0.4) is 0 Å².